The fourth-order valence-electron chi connectivity index (χ4n) is 2.13. The van der Waals surface area contributed by atoms with Crippen molar-refractivity contribution in [3.05, 3.63) is 0 Å². The van der Waals surface area contributed by atoms with Gasteiger partial charge in [-0.3, -0.25) is 4.79 Å². The van der Waals surface area contributed by atoms with Crippen LogP contribution in [0.1, 0.15) is 46.5 Å². The Kier molecular flexibility index (Phi) is 4.78. The van der Waals surface area contributed by atoms with Gasteiger partial charge in [0.2, 0.25) is 5.91 Å². The highest BCUT2D eigenvalue weighted by Gasteiger charge is 2.28. The quantitative estimate of drug-likeness (QED) is 0.797. The molecule has 2 N–H and O–H groups in total. The maximum atomic E-state index is 12.0. The monoisotopic (exact) mass is 226 g/mol. The summed E-state index contributed by atoms with van der Waals surface area (Å²) in [6.07, 6.45) is 3.88. The van der Waals surface area contributed by atoms with E-state index in [4.69, 9.17) is 5.73 Å². The lowest BCUT2D eigenvalue weighted by Crippen LogP contribution is -2.42. The molecule has 3 heteroatoms. The highest BCUT2D eigenvalue weighted by Crippen LogP contribution is 2.30. The lowest BCUT2D eigenvalue weighted by Gasteiger charge is -2.37. The van der Waals surface area contributed by atoms with Gasteiger partial charge in [-0.05, 0) is 30.7 Å². The number of nitrogens with zero attached hydrogens (tertiary/aromatic N) is 1. The molecule has 0 spiro atoms. The summed E-state index contributed by atoms with van der Waals surface area (Å²) in [7, 11) is 0. The molecule has 0 bridgehead atoms. The van der Waals surface area contributed by atoms with Gasteiger partial charge in [-0.25, -0.2) is 0 Å². The van der Waals surface area contributed by atoms with E-state index in [-0.39, 0.29) is 0 Å². The third-order valence-electron chi connectivity index (χ3n) is 3.84. The first-order valence-electron chi connectivity index (χ1n) is 6.46. The van der Waals surface area contributed by atoms with Crippen LogP contribution in [0.2, 0.25) is 0 Å². The van der Waals surface area contributed by atoms with Crippen LogP contribution in [0, 0.1) is 11.3 Å². The normalized spacial score (nSPS) is 21.9. The zero-order valence-corrected chi connectivity index (χ0v) is 11.0. The second kappa shape index (κ2) is 5.67. The Morgan fingerprint density at radius 1 is 1.38 bits per heavy atom. The minimum atomic E-state index is 0.299. The van der Waals surface area contributed by atoms with Crippen LogP contribution in [-0.2, 0) is 4.79 Å². The first-order chi connectivity index (χ1) is 7.48. The molecule has 0 aromatic rings. The van der Waals surface area contributed by atoms with Crippen LogP contribution in [0.3, 0.4) is 0 Å². The number of hydrogen-bond donors (Lipinski definition) is 1. The average Bonchev–Trinajstić information content (AvgIpc) is 2.25. The van der Waals surface area contributed by atoms with Crippen LogP contribution in [0.4, 0.5) is 0 Å². The smallest absolute Gasteiger partial charge is 0.222 e. The Labute approximate surface area is 99.4 Å². The second-order valence-corrected chi connectivity index (χ2v) is 5.76. The Morgan fingerprint density at radius 2 is 1.94 bits per heavy atom. The van der Waals surface area contributed by atoms with Crippen molar-refractivity contribution < 1.29 is 4.79 Å². The largest absolute Gasteiger partial charge is 0.343 e. The van der Waals surface area contributed by atoms with Gasteiger partial charge >= 0.3 is 0 Å². The van der Waals surface area contributed by atoms with E-state index >= 15 is 0 Å². The molecule has 1 heterocycles. The van der Waals surface area contributed by atoms with Crippen molar-refractivity contribution >= 4 is 5.91 Å². The van der Waals surface area contributed by atoms with E-state index in [0.29, 0.717) is 30.2 Å². The summed E-state index contributed by atoms with van der Waals surface area (Å²) < 4.78 is 0. The Balaban J connectivity index is 2.38. The van der Waals surface area contributed by atoms with Crippen molar-refractivity contribution in [2.45, 2.75) is 46.5 Å². The molecule has 0 saturated carbocycles. The van der Waals surface area contributed by atoms with Crippen molar-refractivity contribution in [2.75, 3.05) is 19.6 Å². The molecule has 1 aliphatic heterocycles. The zero-order valence-electron chi connectivity index (χ0n) is 11.0. The number of carbonyl (C=O) groups is 1. The van der Waals surface area contributed by atoms with Crippen molar-refractivity contribution in [1.29, 1.82) is 0 Å². The standard InChI is InChI=1S/C13H26N2O/c1-4-11(10-14)9-12(16)15-7-5-13(2,3)6-8-15/h11H,4-10,14H2,1-3H3. The summed E-state index contributed by atoms with van der Waals surface area (Å²) in [5, 5.41) is 0. The Bertz CT molecular complexity index is 224. The van der Waals surface area contributed by atoms with Crippen LogP contribution < -0.4 is 5.73 Å². The molecule has 3 nitrogen and oxygen atoms in total. The molecule has 1 rings (SSSR count). The first kappa shape index (κ1) is 13.5. The molecule has 1 atom stereocenters. The van der Waals surface area contributed by atoms with Gasteiger partial charge in [-0.15, -0.1) is 0 Å². The van der Waals surface area contributed by atoms with Gasteiger partial charge in [0.15, 0.2) is 0 Å². The molecular formula is C13H26N2O. The number of piperidine rings is 1. The van der Waals surface area contributed by atoms with E-state index in [2.05, 4.69) is 20.8 Å². The van der Waals surface area contributed by atoms with Crippen molar-refractivity contribution in [1.82, 2.24) is 4.90 Å². The molecule has 94 valence electrons. The van der Waals surface area contributed by atoms with Crippen LogP contribution in [0.25, 0.3) is 0 Å². The third-order valence-corrected chi connectivity index (χ3v) is 3.84. The average molecular weight is 226 g/mol. The summed E-state index contributed by atoms with van der Waals surface area (Å²) in [5.41, 5.74) is 6.04. The maximum absolute atomic E-state index is 12.0. The molecule has 0 aromatic heterocycles. The molecule has 16 heavy (non-hydrogen) atoms. The Hall–Kier alpha value is -0.570. The molecule has 0 aliphatic carbocycles. The minimum absolute atomic E-state index is 0.299. The van der Waals surface area contributed by atoms with Crippen LogP contribution in [0.15, 0.2) is 0 Å². The highest BCUT2D eigenvalue weighted by molar-refractivity contribution is 5.76. The number of carbonyl (C=O) groups excluding carboxylic acids is 1. The predicted molar refractivity (Wildman–Crippen MR) is 67.0 cm³/mol. The van der Waals surface area contributed by atoms with E-state index < -0.39 is 0 Å². The van der Waals surface area contributed by atoms with Crippen molar-refractivity contribution in [2.24, 2.45) is 17.1 Å². The van der Waals surface area contributed by atoms with E-state index in [1.165, 1.54) is 0 Å². The summed E-state index contributed by atoms with van der Waals surface area (Å²) in [6, 6.07) is 0. The number of nitrogens with two attached hydrogens (primary N) is 1. The van der Waals surface area contributed by atoms with Crippen LogP contribution in [-0.4, -0.2) is 30.4 Å². The lowest BCUT2D eigenvalue weighted by atomic mass is 9.82. The van der Waals surface area contributed by atoms with E-state index in [1.807, 2.05) is 4.90 Å². The minimum Gasteiger partial charge on any atom is -0.343 e. The summed E-state index contributed by atoms with van der Waals surface area (Å²) in [5.74, 6) is 0.662. The van der Waals surface area contributed by atoms with E-state index in [9.17, 15) is 4.79 Å². The fourth-order valence-corrected chi connectivity index (χ4v) is 2.13. The topological polar surface area (TPSA) is 46.3 Å². The predicted octanol–water partition coefficient (Wildman–Crippen LogP) is 2.01. The summed E-state index contributed by atoms with van der Waals surface area (Å²) in [6.45, 7) is 9.14. The van der Waals surface area contributed by atoms with Crippen molar-refractivity contribution in [3.63, 3.8) is 0 Å². The molecule has 1 saturated heterocycles. The van der Waals surface area contributed by atoms with Gasteiger partial charge in [0.05, 0.1) is 0 Å². The number of hydrogen-bond acceptors (Lipinski definition) is 2. The lowest BCUT2D eigenvalue weighted by molar-refractivity contribution is -0.134. The van der Waals surface area contributed by atoms with Gasteiger partial charge in [0.25, 0.3) is 0 Å². The third kappa shape index (κ3) is 3.78. The summed E-state index contributed by atoms with van der Waals surface area (Å²) >= 11 is 0. The van der Waals surface area contributed by atoms with Crippen LogP contribution in [0.5, 0.6) is 0 Å². The molecule has 1 aliphatic rings. The van der Waals surface area contributed by atoms with Gasteiger partial charge in [-0.2, -0.15) is 0 Å². The van der Waals surface area contributed by atoms with Gasteiger partial charge in [0, 0.05) is 19.5 Å². The fraction of sp³-hybridized carbons (Fsp3) is 0.923. The van der Waals surface area contributed by atoms with E-state index in [1.54, 1.807) is 0 Å². The SMILES string of the molecule is CCC(CN)CC(=O)N1CCC(C)(C)CC1. The van der Waals surface area contributed by atoms with Crippen molar-refractivity contribution in [3.8, 4) is 0 Å². The number of rotatable bonds is 4. The molecule has 1 unspecified atom stereocenters. The van der Waals surface area contributed by atoms with E-state index in [0.717, 1.165) is 32.4 Å². The molecule has 1 fully saturated rings. The maximum Gasteiger partial charge on any atom is 0.222 e. The molecular weight excluding hydrogens is 200 g/mol. The highest BCUT2D eigenvalue weighted by atomic mass is 16.2. The number of likely N-dealkylation sites (tertiary alicyclic amines) is 1. The molecule has 0 aromatic carbocycles. The van der Waals surface area contributed by atoms with Gasteiger partial charge in [0.1, 0.15) is 0 Å². The Morgan fingerprint density at radius 3 is 2.38 bits per heavy atom. The van der Waals surface area contributed by atoms with Gasteiger partial charge in [-0.1, -0.05) is 27.2 Å². The molecule has 0 radical (unpaired) electrons. The zero-order chi connectivity index (χ0) is 12.2. The summed E-state index contributed by atoms with van der Waals surface area (Å²) in [4.78, 5) is 14.0. The van der Waals surface area contributed by atoms with Gasteiger partial charge < -0.3 is 10.6 Å². The molecule has 1 amide bonds. The first-order valence-corrected chi connectivity index (χ1v) is 6.46. The second-order valence-electron chi connectivity index (χ2n) is 5.76. The van der Waals surface area contributed by atoms with Crippen LogP contribution >= 0.6 is 0 Å². The number of amides is 1.